The van der Waals surface area contributed by atoms with E-state index in [0.29, 0.717) is 24.6 Å². The number of benzene rings is 1. The van der Waals surface area contributed by atoms with Crippen molar-refractivity contribution >= 4 is 29.1 Å². The molecule has 1 fully saturated rings. The number of rotatable bonds is 4. The van der Waals surface area contributed by atoms with E-state index in [1.54, 1.807) is 0 Å². The molecule has 0 saturated carbocycles. The molecule has 19 heavy (non-hydrogen) atoms. The highest BCUT2D eigenvalue weighted by molar-refractivity contribution is 6.31. The van der Waals surface area contributed by atoms with Gasteiger partial charge in [0.1, 0.15) is 6.61 Å². The molecular formula is C13H16ClN3O2. The standard InChI is InChI=1S/C13H16ClN3O2/c1-3-11(16-17-6-7-19-13(17)18)10-8-9(14)4-5-12(10)15-2/h4-5,8,15H,3,6-7H2,1-2H3/b16-11+. The number of nitrogens with zero attached hydrogens (tertiary/aromatic N) is 2. The van der Waals surface area contributed by atoms with Crippen molar-refractivity contribution in [1.29, 1.82) is 0 Å². The van der Waals surface area contributed by atoms with Crippen molar-refractivity contribution in [2.24, 2.45) is 5.10 Å². The summed E-state index contributed by atoms with van der Waals surface area (Å²) in [6.45, 7) is 2.85. The number of anilines is 1. The van der Waals surface area contributed by atoms with Gasteiger partial charge in [0.15, 0.2) is 0 Å². The molecule has 1 N–H and O–H groups in total. The molecule has 1 aliphatic rings. The highest BCUT2D eigenvalue weighted by atomic mass is 35.5. The summed E-state index contributed by atoms with van der Waals surface area (Å²) in [5.41, 5.74) is 2.63. The molecule has 0 aliphatic carbocycles. The fourth-order valence-corrected chi connectivity index (χ4v) is 2.08. The van der Waals surface area contributed by atoms with Gasteiger partial charge in [-0.05, 0) is 24.6 Å². The average molecular weight is 282 g/mol. The summed E-state index contributed by atoms with van der Waals surface area (Å²) in [5, 5.41) is 9.46. The first kappa shape index (κ1) is 13.7. The van der Waals surface area contributed by atoms with Crippen LogP contribution in [-0.2, 0) is 4.74 Å². The Morgan fingerprint density at radius 1 is 1.58 bits per heavy atom. The molecule has 1 amide bonds. The number of hydrogen-bond acceptors (Lipinski definition) is 4. The monoisotopic (exact) mass is 281 g/mol. The Hall–Kier alpha value is -1.75. The zero-order valence-corrected chi connectivity index (χ0v) is 11.7. The van der Waals surface area contributed by atoms with Crippen LogP contribution in [0.15, 0.2) is 23.3 Å². The van der Waals surface area contributed by atoms with E-state index < -0.39 is 6.09 Å². The van der Waals surface area contributed by atoms with Crippen molar-refractivity contribution in [3.63, 3.8) is 0 Å². The topological polar surface area (TPSA) is 53.9 Å². The summed E-state index contributed by atoms with van der Waals surface area (Å²) < 4.78 is 4.87. The van der Waals surface area contributed by atoms with Crippen molar-refractivity contribution < 1.29 is 9.53 Å². The molecule has 2 rings (SSSR count). The molecular weight excluding hydrogens is 266 g/mol. The van der Waals surface area contributed by atoms with Crippen molar-refractivity contribution in [2.75, 3.05) is 25.5 Å². The lowest BCUT2D eigenvalue weighted by molar-refractivity contribution is 0.159. The Bertz CT molecular complexity index is 517. The van der Waals surface area contributed by atoms with Crippen LogP contribution >= 0.6 is 11.6 Å². The lowest BCUT2D eigenvalue weighted by atomic mass is 10.1. The predicted octanol–water partition coefficient (Wildman–Crippen LogP) is 2.95. The number of nitrogens with one attached hydrogen (secondary N) is 1. The van der Waals surface area contributed by atoms with Crippen LogP contribution in [0.3, 0.4) is 0 Å². The Morgan fingerprint density at radius 3 is 2.95 bits per heavy atom. The number of amides is 1. The van der Waals surface area contributed by atoms with Crippen LogP contribution < -0.4 is 5.32 Å². The summed E-state index contributed by atoms with van der Waals surface area (Å²) in [6.07, 6.45) is 0.290. The second-order valence-corrected chi connectivity index (χ2v) is 4.51. The van der Waals surface area contributed by atoms with Crippen LogP contribution in [0.1, 0.15) is 18.9 Å². The lowest BCUT2D eigenvalue weighted by Gasteiger charge is -2.13. The fraction of sp³-hybridized carbons (Fsp3) is 0.385. The lowest BCUT2D eigenvalue weighted by Crippen LogP contribution is -2.20. The van der Waals surface area contributed by atoms with Crippen LogP contribution in [0, 0.1) is 0 Å². The first-order valence-corrected chi connectivity index (χ1v) is 6.53. The largest absolute Gasteiger partial charge is 0.446 e. The third-order valence-corrected chi connectivity index (χ3v) is 3.11. The highest BCUT2D eigenvalue weighted by Crippen LogP contribution is 2.23. The van der Waals surface area contributed by atoms with Gasteiger partial charge in [0, 0.05) is 23.3 Å². The number of cyclic esters (lactones) is 1. The zero-order valence-electron chi connectivity index (χ0n) is 10.9. The number of hydrogen-bond donors (Lipinski definition) is 1. The van der Waals surface area contributed by atoms with Gasteiger partial charge in [0.05, 0.1) is 12.3 Å². The van der Waals surface area contributed by atoms with Crippen LogP contribution in [0.4, 0.5) is 10.5 Å². The minimum atomic E-state index is -0.404. The maximum absolute atomic E-state index is 11.4. The molecule has 0 atom stereocenters. The van der Waals surface area contributed by atoms with Crippen LogP contribution in [0.2, 0.25) is 5.02 Å². The summed E-state index contributed by atoms with van der Waals surface area (Å²) in [6, 6.07) is 5.55. The summed E-state index contributed by atoms with van der Waals surface area (Å²) in [4.78, 5) is 11.4. The maximum Gasteiger partial charge on any atom is 0.430 e. The summed E-state index contributed by atoms with van der Waals surface area (Å²) in [7, 11) is 1.84. The second kappa shape index (κ2) is 5.93. The van der Waals surface area contributed by atoms with Gasteiger partial charge in [0.2, 0.25) is 0 Å². The van der Waals surface area contributed by atoms with Gasteiger partial charge in [-0.1, -0.05) is 18.5 Å². The van der Waals surface area contributed by atoms with Crippen molar-refractivity contribution in [3.8, 4) is 0 Å². The molecule has 1 heterocycles. The normalized spacial score (nSPS) is 15.6. The van der Waals surface area contributed by atoms with E-state index >= 15 is 0 Å². The first-order valence-electron chi connectivity index (χ1n) is 6.15. The van der Waals surface area contributed by atoms with Crippen molar-refractivity contribution in [3.05, 3.63) is 28.8 Å². The molecule has 0 aromatic heterocycles. The van der Waals surface area contributed by atoms with Gasteiger partial charge in [-0.3, -0.25) is 0 Å². The average Bonchev–Trinajstić information content (AvgIpc) is 2.81. The molecule has 1 aromatic rings. The molecule has 5 nitrogen and oxygen atoms in total. The van der Waals surface area contributed by atoms with Gasteiger partial charge in [-0.2, -0.15) is 10.1 Å². The van der Waals surface area contributed by atoms with Crippen LogP contribution in [0.25, 0.3) is 0 Å². The van der Waals surface area contributed by atoms with E-state index in [1.807, 2.05) is 32.2 Å². The Kier molecular flexibility index (Phi) is 4.27. The van der Waals surface area contributed by atoms with Crippen LogP contribution in [-0.4, -0.2) is 37.0 Å². The first-order chi connectivity index (χ1) is 9.15. The molecule has 1 aliphatic heterocycles. The maximum atomic E-state index is 11.4. The number of hydrazone groups is 1. The summed E-state index contributed by atoms with van der Waals surface area (Å²) in [5.74, 6) is 0. The Balaban J connectivity index is 2.38. The molecule has 6 heteroatoms. The molecule has 0 spiro atoms. The van der Waals surface area contributed by atoms with Gasteiger partial charge in [-0.25, -0.2) is 4.79 Å². The van der Waals surface area contributed by atoms with E-state index in [9.17, 15) is 4.79 Å². The third-order valence-electron chi connectivity index (χ3n) is 2.88. The second-order valence-electron chi connectivity index (χ2n) is 4.08. The molecule has 0 unspecified atom stereocenters. The Labute approximate surface area is 117 Å². The predicted molar refractivity (Wildman–Crippen MR) is 75.9 cm³/mol. The van der Waals surface area contributed by atoms with Crippen LogP contribution in [0.5, 0.6) is 0 Å². The van der Waals surface area contributed by atoms with E-state index in [0.717, 1.165) is 17.0 Å². The fourth-order valence-electron chi connectivity index (χ4n) is 1.91. The van der Waals surface area contributed by atoms with E-state index in [1.165, 1.54) is 5.01 Å². The van der Waals surface area contributed by atoms with E-state index in [4.69, 9.17) is 16.3 Å². The van der Waals surface area contributed by atoms with Gasteiger partial charge in [0.25, 0.3) is 0 Å². The molecule has 102 valence electrons. The van der Waals surface area contributed by atoms with Gasteiger partial charge in [-0.15, -0.1) is 0 Å². The number of carbonyl (C=O) groups excluding carboxylic acids is 1. The number of halogens is 1. The minimum absolute atomic E-state index is 0.383. The molecule has 0 radical (unpaired) electrons. The molecule has 0 bridgehead atoms. The Morgan fingerprint density at radius 2 is 2.37 bits per heavy atom. The number of carbonyl (C=O) groups is 1. The van der Waals surface area contributed by atoms with E-state index in [-0.39, 0.29) is 0 Å². The zero-order chi connectivity index (χ0) is 13.8. The van der Waals surface area contributed by atoms with Crippen molar-refractivity contribution in [1.82, 2.24) is 5.01 Å². The SMILES string of the molecule is CC/C(=N\N1CCOC1=O)c1cc(Cl)ccc1NC. The smallest absolute Gasteiger partial charge is 0.430 e. The van der Waals surface area contributed by atoms with Gasteiger partial charge >= 0.3 is 6.09 Å². The van der Waals surface area contributed by atoms with Crippen molar-refractivity contribution in [2.45, 2.75) is 13.3 Å². The number of ether oxygens (including phenoxy) is 1. The van der Waals surface area contributed by atoms with E-state index in [2.05, 4.69) is 10.4 Å². The van der Waals surface area contributed by atoms with Gasteiger partial charge < -0.3 is 10.1 Å². The molecule has 1 saturated heterocycles. The highest BCUT2D eigenvalue weighted by Gasteiger charge is 2.22. The summed E-state index contributed by atoms with van der Waals surface area (Å²) >= 11 is 6.03. The quantitative estimate of drug-likeness (QED) is 0.863. The molecule has 1 aromatic carbocycles. The minimum Gasteiger partial charge on any atom is -0.446 e. The third kappa shape index (κ3) is 2.98.